The Morgan fingerprint density at radius 2 is 2.00 bits per heavy atom. The van der Waals surface area contributed by atoms with Crippen LogP contribution >= 0.6 is 0 Å². The third-order valence-corrected chi connectivity index (χ3v) is 2.37. The molecule has 0 fully saturated rings. The average molecular weight is 232 g/mol. The first-order valence-corrected chi connectivity index (χ1v) is 5.42. The van der Waals surface area contributed by atoms with Gasteiger partial charge in [-0.15, -0.1) is 0 Å². The number of hydrogen-bond donors (Lipinski definition) is 1. The summed E-state index contributed by atoms with van der Waals surface area (Å²) < 4.78 is 0. The van der Waals surface area contributed by atoms with Crippen LogP contribution in [-0.2, 0) is 4.79 Å². The van der Waals surface area contributed by atoms with Crippen LogP contribution in [0.4, 0.5) is 0 Å². The predicted molar refractivity (Wildman–Crippen MR) is 74.0 cm³/mol. The van der Waals surface area contributed by atoms with Gasteiger partial charge in [-0.1, -0.05) is 20.1 Å². The molecule has 0 heterocycles. The van der Waals surface area contributed by atoms with Gasteiger partial charge in [-0.3, -0.25) is 9.79 Å². The third-order valence-electron chi connectivity index (χ3n) is 2.37. The van der Waals surface area contributed by atoms with Crippen molar-refractivity contribution in [2.24, 2.45) is 10.7 Å². The van der Waals surface area contributed by atoms with E-state index in [0.717, 1.165) is 16.7 Å². The molecule has 0 aromatic carbocycles. The summed E-state index contributed by atoms with van der Waals surface area (Å²) in [6.07, 6.45) is 5.85. The fourth-order valence-corrected chi connectivity index (χ4v) is 1.12. The van der Waals surface area contributed by atoms with E-state index in [9.17, 15) is 4.79 Å². The smallest absolute Gasteiger partial charge is 0.248 e. The highest BCUT2D eigenvalue weighted by atomic mass is 16.1. The van der Waals surface area contributed by atoms with Gasteiger partial charge in [0.25, 0.3) is 0 Å². The van der Waals surface area contributed by atoms with E-state index in [1.165, 1.54) is 0 Å². The zero-order valence-electron chi connectivity index (χ0n) is 10.8. The fraction of sp³-hybridized carbons (Fsp3) is 0.286. The number of allylic oxidation sites excluding steroid dienone is 4. The first kappa shape index (κ1) is 15.1. The van der Waals surface area contributed by atoms with Crippen LogP contribution in [0.3, 0.4) is 0 Å². The number of primary amides is 1. The Balaban J connectivity index is 5.15. The highest BCUT2D eigenvalue weighted by molar-refractivity contribution is 5.97. The average Bonchev–Trinajstić information content (AvgIpc) is 2.31. The minimum atomic E-state index is -0.477. The molecule has 3 heteroatoms. The molecule has 3 nitrogen and oxygen atoms in total. The first-order valence-electron chi connectivity index (χ1n) is 5.42. The molecule has 1 amide bonds. The van der Waals surface area contributed by atoms with Crippen LogP contribution < -0.4 is 5.73 Å². The van der Waals surface area contributed by atoms with Gasteiger partial charge in [0.2, 0.25) is 5.91 Å². The van der Waals surface area contributed by atoms with Crippen molar-refractivity contribution < 1.29 is 4.79 Å². The molecule has 92 valence electrons. The van der Waals surface area contributed by atoms with Crippen molar-refractivity contribution in [2.75, 3.05) is 7.05 Å². The summed E-state index contributed by atoms with van der Waals surface area (Å²) in [5.41, 5.74) is 8.11. The predicted octanol–water partition coefficient (Wildman–Crippen LogP) is 2.57. The molecule has 17 heavy (non-hydrogen) atoms. The number of nitrogens with two attached hydrogens (primary N) is 1. The van der Waals surface area contributed by atoms with Crippen molar-refractivity contribution in [3.8, 4) is 0 Å². The lowest BCUT2D eigenvalue weighted by molar-refractivity contribution is -0.114. The molecule has 2 N–H and O–H groups in total. The molecule has 0 aliphatic rings. The number of rotatable bonds is 6. The van der Waals surface area contributed by atoms with Gasteiger partial charge in [0.05, 0.1) is 0 Å². The number of carbonyl (C=O) groups is 1. The summed E-state index contributed by atoms with van der Waals surface area (Å²) in [6, 6.07) is 0. The molecule has 0 aromatic heterocycles. The molecular weight excluding hydrogens is 212 g/mol. The largest absolute Gasteiger partial charge is 0.366 e. The normalized spacial score (nSPS) is 12.9. The Hall–Kier alpha value is -1.90. The maximum absolute atomic E-state index is 11.3. The molecule has 0 rings (SSSR count). The van der Waals surface area contributed by atoms with E-state index in [4.69, 9.17) is 5.73 Å². The minimum Gasteiger partial charge on any atom is -0.366 e. The third kappa shape index (κ3) is 5.11. The molecule has 0 saturated carbocycles. The molecule has 0 bridgehead atoms. The molecule has 0 aliphatic heterocycles. The zero-order chi connectivity index (χ0) is 13.4. The first-order chi connectivity index (χ1) is 7.93. The van der Waals surface area contributed by atoms with Crippen LogP contribution in [0.25, 0.3) is 0 Å². The van der Waals surface area contributed by atoms with Gasteiger partial charge in [-0.05, 0) is 42.2 Å². The van der Waals surface area contributed by atoms with E-state index in [-0.39, 0.29) is 0 Å². The molecule has 0 spiro atoms. The van der Waals surface area contributed by atoms with Gasteiger partial charge >= 0.3 is 0 Å². The molecule has 0 aromatic rings. The summed E-state index contributed by atoms with van der Waals surface area (Å²) in [6.45, 7) is 11.5. The zero-order valence-corrected chi connectivity index (χ0v) is 10.8. The van der Waals surface area contributed by atoms with Gasteiger partial charge in [0.15, 0.2) is 0 Å². The standard InChI is InChI=1S/C14H20N2O/c1-6-10(2)13(14(15)17)9-12(4)11(3)7-8-16-5/h7-9H,2,4,6H2,1,3,5H3,(H2,15,17). The van der Waals surface area contributed by atoms with Crippen molar-refractivity contribution in [3.63, 3.8) is 0 Å². The van der Waals surface area contributed by atoms with Crippen LogP contribution in [0.1, 0.15) is 20.3 Å². The number of hydrogen-bond acceptors (Lipinski definition) is 2. The van der Waals surface area contributed by atoms with E-state index in [1.807, 2.05) is 19.9 Å². The van der Waals surface area contributed by atoms with E-state index >= 15 is 0 Å². The van der Waals surface area contributed by atoms with Crippen molar-refractivity contribution in [3.05, 3.63) is 47.6 Å². The second kappa shape index (κ2) is 7.39. The maximum atomic E-state index is 11.3. The quantitative estimate of drug-likeness (QED) is 0.427. The monoisotopic (exact) mass is 232 g/mol. The van der Waals surface area contributed by atoms with Crippen LogP contribution in [0.2, 0.25) is 0 Å². The van der Waals surface area contributed by atoms with E-state index < -0.39 is 5.91 Å². The van der Waals surface area contributed by atoms with Gasteiger partial charge in [0, 0.05) is 18.8 Å². The SMILES string of the molecule is C=C(C=C(C(=C)CC)C(N)=O)C(C)=CC=NC. The highest BCUT2D eigenvalue weighted by Crippen LogP contribution is 2.17. The number of carbonyl (C=O) groups excluding carboxylic acids is 1. The number of nitrogens with zero attached hydrogens (tertiary/aromatic N) is 1. The summed E-state index contributed by atoms with van der Waals surface area (Å²) in [5, 5.41) is 0. The van der Waals surface area contributed by atoms with Crippen LogP contribution in [-0.4, -0.2) is 19.2 Å². The van der Waals surface area contributed by atoms with Crippen LogP contribution in [0.15, 0.2) is 52.6 Å². The Kier molecular flexibility index (Phi) is 6.56. The van der Waals surface area contributed by atoms with Gasteiger partial charge in [-0.25, -0.2) is 0 Å². The van der Waals surface area contributed by atoms with E-state index in [2.05, 4.69) is 18.2 Å². The van der Waals surface area contributed by atoms with E-state index in [0.29, 0.717) is 12.0 Å². The van der Waals surface area contributed by atoms with Crippen molar-refractivity contribution in [2.45, 2.75) is 20.3 Å². The Morgan fingerprint density at radius 3 is 2.41 bits per heavy atom. The second-order valence-electron chi connectivity index (χ2n) is 3.66. The Bertz CT molecular complexity index is 412. The molecular formula is C14H20N2O. The van der Waals surface area contributed by atoms with E-state index in [1.54, 1.807) is 19.3 Å². The fourth-order valence-electron chi connectivity index (χ4n) is 1.12. The summed E-state index contributed by atoms with van der Waals surface area (Å²) in [5.74, 6) is -0.477. The Morgan fingerprint density at radius 1 is 1.41 bits per heavy atom. The molecule has 0 aliphatic carbocycles. The van der Waals surface area contributed by atoms with Gasteiger partial charge < -0.3 is 5.73 Å². The maximum Gasteiger partial charge on any atom is 0.248 e. The lowest BCUT2D eigenvalue weighted by atomic mass is 9.99. The summed E-state index contributed by atoms with van der Waals surface area (Å²) in [4.78, 5) is 15.1. The molecule has 0 saturated heterocycles. The van der Waals surface area contributed by atoms with Gasteiger partial charge in [-0.2, -0.15) is 0 Å². The number of aliphatic imine (C=N–C) groups is 1. The van der Waals surface area contributed by atoms with Crippen LogP contribution in [0, 0.1) is 0 Å². The van der Waals surface area contributed by atoms with Gasteiger partial charge in [0.1, 0.15) is 0 Å². The second-order valence-corrected chi connectivity index (χ2v) is 3.66. The van der Waals surface area contributed by atoms with Crippen molar-refractivity contribution >= 4 is 12.1 Å². The van der Waals surface area contributed by atoms with Crippen molar-refractivity contribution in [1.82, 2.24) is 0 Å². The highest BCUT2D eigenvalue weighted by Gasteiger charge is 2.08. The summed E-state index contributed by atoms with van der Waals surface area (Å²) in [7, 11) is 1.69. The number of amides is 1. The topological polar surface area (TPSA) is 55.5 Å². The van der Waals surface area contributed by atoms with Crippen molar-refractivity contribution in [1.29, 1.82) is 0 Å². The molecule has 0 atom stereocenters. The Labute approximate surface area is 103 Å². The molecule has 0 radical (unpaired) electrons. The molecule has 0 unspecified atom stereocenters. The van der Waals surface area contributed by atoms with Crippen LogP contribution in [0.5, 0.6) is 0 Å². The lowest BCUT2D eigenvalue weighted by Gasteiger charge is -2.06. The summed E-state index contributed by atoms with van der Waals surface area (Å²) >= 11 is 0. The lowest BCUT2D eigenvalue weighted by Crippen LogP contribution is -2.15. The minimum absolute atomic E-state index is 0.429.